The van der Waals surface area contributed by atoms with Gasteiger partial charge in [0.2, 0.25) is 0 Å². The van der Waals surface area contributed by atoms with E-state index in [4.69, 9.17) is 0 Å². The van der Waals surface area contributed by atoms with Gasteiger partial charge in [-0.1, -0.05) is 60.7 Å². The molecule has 6 nitrogen and oxygen atoms in total. The second-order valence-corrected chi connectivity index (χ2v) is 7.76. The number of aromatic nitrogens is 2. The molecule has 2 aromatic heterocycles. The van der Waals surface area contributed by atoms with Crippen LogP contribution in [-0.2, 0) is 0 Å². The van der Waals surface area contributed by atoms with Gasteiger partial charge in [-0.05, 0) is 69.8 Å². The maximum atomic E-state index is 11.9. The van der Waals surface area contributed by atoms with E-state index in [9.17, 15) is 19.8 Å². The number of rotatable bonds is 5. The first kappa shape index (κ1) is 24.0. The first-order chi connectivity index (χ1) is 17.5. The predicted octanol–water partition coefficient (Wildman–Crippen LogP) is 6.56. The second-order valence-electron chi connectivity index (χ2n) is 7.76. The van der Waals surface area contributed by atoms with Gasteiger partial charge in [0.1, 0.15) is 0 Å². The molecule has 0 atom stereocenters. The number of aromatic carboxylic acids is 2. The van der Waals surface area contributed by atoms with Crippen molar-refractivity contribution in [3.05, 3.63) is 133 Å². The smallest absolute Gasteiger partial charge is 0.336 e. The van der Waals surface area contributed by atoms with E-state index < -0.39 is 11.9 Å². The molecule has 0 radical (unpaired) electrons. The zero-order valence-corrected chi connectivity index (χ0v) is 19.2. The molecule has 0 amide bonds. The Balaban J connectivity index is 0.000000211. The topological polar surface area (TPSA) is 100 Å². The van der Waals surface area contributed by atoms with Crippen LogP contribution in [0.1, 0.15) is 20.7 Å². The molecule has 36 heavy (non-hydrogen) atoms. The maximum absolute atomic E-state index is 11.9. The lowest BCUT2D eigenvalue weighted by molar-refractivity contribution is 0.0682. The van der Waals surface area contributed by atoms with Crippen molar-refractivity contribution in [1.82, 2.24) is 9.97 Å². The zero-order chi connectivity index (χ0) is 25.3. The number of nitrogens with zero attached hydrogens (tertiary/aromatic N) is 2. The Morgan fingerprint density at radius 2 is 0.889 bits per heavy atom. The molecule has 0 bridgehead atoms. The van der Waals surface area contributed by atoms with Crippen molar-refractivity contribution >= 4 is 11.9 Å². The Hall–Kier alpha value is -5.10. The molecule has 3 aromatic carbocycles. The van der Waals surface area contributed by atoms with Crippen molar-refractivity contribution in [1.29, 1.82) is 0 Å². The van der Waals surface area contributed by atoms with Gasteiger partial charge in [-0.2, -0.15) is 0 Å². The highest BCUT2D eigenvalue weighted by Crippen LogP contribution is 2.34. The number of pyridine rings is 2. The summed E-state index contributed by atoms with van der Waals surface area (Å²) in [6.07, 6.45) is 7.15. The lowest BCUT2D eigenvalue weighted by Gasteiger charge is -2.14. The summed E-state index contributed by atoms with van der Waals surface area (Å²) in [6, 6.07) is 28.6. The van der Waals surface area contributed by atoms with Crippen molar-refractivity contribution < 1.29 is 19.8 Å². The van der Waals surface area contributed by atoms with Gasteiger partial charge in [-0.25, -0.2) is 9.59 Å². The van der Waals surface area contributed by atoms with Crippen LogP contribution in [0.5, 0.6) is 0 Å². The van der Waals surface area contributed by atoms with E-state index in [1.54, 1.807) is 73.3 Å². The van der Waals surface area contributed by atoms with Crippen molar-refractivity contribution in [3.63, 3.8) is 0 Å². The van der Waals surface area contributed by atoms with Crippen molar-refractivity contribution in [2.45, 2.75) is 0 Å². The van der Waals surface area contributed by atoms with Crippen LogP contribution in [0.2, 0.25) is 0 Å². The van der Waals surface area contributed by atoms with Crippen LogP contribution in [0.3, 0.4) is 0 Å². The summed E-state index contributed by atoms with van der Waals surface area (Å²) in [4.78, 5) is 31.3. The summed E-state index contributed by atoms with van der Waals surface area (Å²) in [5, 5.41) is 19.2. The highest BCUT2D eigenvalue weighted by molar-refractivity contribution is 6.05. The van der Waals surface area contributed by atoms with Crippen molar-refractivity contribution in [2.75, 3.05) is 0 Å². The summed E-state index contributed by atoms with van der Waals surface area (Å²) in [7, 11) is 0. The monoisotopic (exact) mass is 474 g/mol. The largest absolute Gasteiger partial charge is 0.478 e. The van der Waals surface area contributed by atoms with Gasteiger partial charge in [0.15, 0.2) is 0 Å². The summed E-state index contributed by atoms with van der Waals surface area (Å²) in [6.45, 7) is 0. The Labute approximate surface area is 208 Å². The maximum Gasteiger partial charge on any atom is 0.336 e. The van der Waals surface area contributed by atoms with E-state index >= 15 is 0 Å². The SMILES string of the molecule is O=C(O)c1cc(-c2ccccc2)c(C(=O)O)c(-c2ccccc2)c1.c1cc(-c2ccncc2)ccn1. The van der Waals surface area contributed by atoms with E-state index in [0.717, 1.165) is 0 Å². The zero-order valence-electron chi connectivity index (χ0n) is 19.2. The lowest BCUT2D eigenvalue weighted by atomic mass is 9.89. The van der Waals surface area contributed by atoms with E-state index in [0.29, 0.717) is 22.3 Å². The Morgan fingerprint density at radius 1 is 0.500 bits per heavy atom. The first-order valence-electron chi connectivity index (χ1n) is 11.1. The third kappa shape index (κ3) is 5.69. The minimum atomic E-state index is -1.10. The van der Waals surface area contributed by atoms with Crippen LogP contribution in [0.4, 0.5) is 0 Å². The molecule has 5 aromatic rings. The molecule has 0 unspecified atom stereocenters. The molecule has 6 heteroatoms. The van der Waals surface area contributed by atoms with Crippen LogP contribution < -0.4 is 0 Å². The highest BCUT2D eigenvalue weighted by atomic mass is 16.4. The van der Waals surface area contributed by atoms with Crippen LogP contribution >= 0.6 is 0 Å². The van der Waals surface area contributed by atoms with Gasteiger partial charge >= 0.3 is 11.9 Å². The molecule has 0 fully saturated rings. The third-order valence-corrected chi connectivity index (χ3v) is 5.46. The predicted molar refractivity (Wildman–Crippen MR) is 139 cm³/mol. The summed E-state index contributed by atoms with van der Waals surface area (Å²) < 4.78 is 0. The number of benzene rings is 3. The quantitative estimate of drug-likeness (QED) is 0.299. The Morgan fingerprint density at radius 3 is 1.22 bits per heavy atom. The van der Waals surface area contributed by atoms with Crippen molar-refractivity contribution in [2.24, 2.45) is 0 Å². The average molecular weight is 475 g/mol. The summed E-state index contributed by atoms with van der Waals surface area (Å²) in [5.74, 6) is -2.19. The molecule has 0 aliphatic rings. The summed E-state index contributed by atoms with van der Waals surface area (Å²) in [5.41, 5.74) is 4.60. The molecule has 2 heterocycles. The molecule has 176 valence electrons. The van der Waals surface area contributed by atoms with E-state index in [2.05, 4.69) is 9.97 Å². The molecule has 0 saturated heterocycles. The number of hydrogen-bond acceptors (Lipinski definition) is 4. The van der Waals surface area contributed by atoms with E-state index in [-0.39, 0.29) is 11.1 Å². The van der Waals surface area contributed by atoms with Crippen LogP contribution in [0.15, 0.2) is 122 Å². The van der Waals surface area contributed by atoms with Gasteiger partial charge in [-0.3, -0.25) is 9.97 Å². The van der Waals surface area contributed by atoms with Crippen LogP contribution in [0, 0.1) is 0 Å². The van der Waals surface area contributed by atoms with Gasteiger partial charge in [0, 0.05) is 24.8 Å². The normalized spacial score (nSPS) is 10.1. The van der Waals surface area contributed by atoms with Gasteiger partial charge < -0.3 is 10.2 Å². The fraction of sp³-hybridized carbons (Fsp3) is 0. The van der Waals surface area contributed by atoms with Crippen LogP contribution in [-0.4, -0.2) is 32.1 Å². The van der Waals surface area contributed by atoms with Gasteiger partial charge in [0.25, 0.3) is 0 Å². The Kier molecular flexibility index (Phi) is 7.58. The molecular formula is C30H22N2O4. The first-order valence-corrected chi connectivity index (χ1v) is 11.1. The minimum absolute atomic E-state index is 0.0534. The number of carbonyl (C=O) groups is 2. The molecule has 5 rings (SSSR count). The van der Waals surface area contributed by atoms with Gasteiger partial charge in [-0.15, -0.1) is 0 Å². The summed E-state index contributed by atoms with van der Waals surface area (Å²) >= 11 is 0. The van der Waals surface area contributed by atoms with E-state index in [1.807, 2.05) is 36.4 Å². The van der Waals surface area contributed by atoms with Crippen LogP contribution in [0.25, 0.3) is 33.4 Å². The fourth-order valence-corrected chi connectivity index (χ4v) is 3.78. The van der Waals surface area contributed by atoms with Crippen molar-refractivity contribution in [3.8, 4) is 33.4 Å². The standard InChI is InChI=1S/C20H14O4.C10H8N2/c21-19(22)15-11-16(13-7-3-1-4-8-13)18(20(23)24)17(12-15)14-9-5-2-6-10-14;1-5-11-6-2-9(1)10-3-7-12-8-4-10/h1-12H,(H,21,22)(H,23,24);1-8H. The molecule has 0 spiro atoms. The highest BCUT2D eigenvalue weighted by Gasteiger charge is 2.21. The molecule has 0 aliphatic heterocycles. The molecule has 2 N–H and O–H groups in total. The molecule has 0 saturated carbocycles. The minimum Gasteiger partial charge on any atom is -0.478 e. The number of hydrogen-bond donors (Lipinski definition) is 2. The fourth-order valence-electron chi connectivity index (χ4n) is 3.78. The number of carboxylic acid groups (broad SMARTS) is 2. The van der Waals surface area contributed by atoms with E-state index in [1.165, 1.54) is 23.3 Å². The molecule has 0 aliphatic carbocycles. The Bertz CT molecular complexity index is 1360. The third-order valence-electron chi connectivity index (χ3n) is 5.46. The second kappa shape index (κ2) is 11.4. The number of carboxylic acids is 2. The molecular weight excluding hydrogens is 452 g/mol. The lowest BCUT2D eigenvalue weighted by Crippen LogP contribution is -2.06. The average Bonchev–Trinajstić information content (AvgIpc) is 2.94. The van der Waals surface area contributed by atoms with Gasteiger partial charge in [0.05, 0.1) is 11.1 Å².